The van der Waals surface area contributed by atoms with Gasteiger partial charge in [0.05, 0.1) is 28.8 Å². The monoisotopic (exact) mass is 288 g/mol. The van der Waals surface area contributed by atoms with Crippen LogP contribution in [-0.2, 0) is 4.74 Å². The van der Waals surface area contributed by atoms with Gasteiger partial charge in [-0.25, -0.2) is 0 Å². The predicted molar refractivity (Wildman–Crippen MR) is 75.5 cm³/mol. The van der Waals surface area contributed by atoms with Crippen LogP contribution >= 0.6 is 23.2 Å². The average molecular weight is 289 g/mol. The number of morpholine rings is 1. The van der Waals surface area contributed by atoms with Gasteiger partial charge in [-0.1, -0.05) is 35.3 Å². The zero-order chi connectivity index (χ0) is 13.1. The maximum atomic E-state index is 6.28. The molecule has 0 bridgehead atoms. The molecule has 0 radical (unpaired) electrons. The first-order valence-electron chi connectivity index (χ1n) is 6.04. The van der Waals surface area contributed by atoms with Crippen molar-refractivity contribution in [2.45, 2.75) is 12.1 Å². The summed E-state index contributed by atoms with van der Waals surface area (Å²) < 4.78 is 5.84. The zero-order valence-electron chi connectivity index (χ0n) is 10.6. The Labute approximate surface area is 118 Å². The second-order valence-corrected chi connectivity index (χ2v) is 5.37. The molecule has 0 aromatic heterocycles. The molecule has 1 N–H and O–H groups in total. The number of benzene rings is 1. The molecule has 0 saturated carbocycles. The molecule has 1 heterocycles. The number of hydrogen-bond donors (Lipinski definition) is 1. The lowest BCUT2D eigenvalue weighted by Gasteiger charge is -2.35. The predicted octanol–water partition coefficient (Wildman–Crippen LogP) is 2.58. The van der Waals surface area contributed by atoms with Gasteiger partial charge in [-0.15, -0.1) is 0 Å². The summed E-state index contributed by atoms with van der Waals surface area (Å²) >= 11 is 12.4. The van der Waals surface area contributed by atoms with Crippen LogP contribution in [0, 0.1) is 0 Å². The van der Waals surface area contributed by atoms with Gasteiger partial charge in [-0.05, 0) is 25.7 Å². The standard InChI is InChI=1S/C13H18Cl2N2O/c1-16-13(11-8-17(2)6-7-18-11)9-4-3-5-10(14)12(9)15/h3-5,11,13,16H,6-8H2,1-2H3. The van der Waals surface area contributed by atoms with E-state index in [-0.39, 0.29) is 12.1 Å². The van der Waals surface area contributed by atoms with Crippen LogP contribution in [0.25, 0.3) is 0 Å². The van der Waals surface area contributed by atoms with Crippen LogP contribution in [-0.4, -0.2) is 44.8 Å². The molecular formula is C13H18Cl2N2O. The lowest BCUT2D eigenvalue weighted by atomic mass is 10.00. The molecule has 1 aliphatic rings. The first-order valence-corrected chi connectivity index (χ1v) is 6.80. The Balaban J connectivity index is 2.24. The van der Waals surface area contributed by atoms with E-state index in [9.17, 15) is 0 Å². The summed E-state index contributed by atoms with van der Waals surface area (Å²) in [6, 6.07) is 5.76. The van der Waals surface area contributed by atoms with Crippen LogP contribution in [0.15, 0.2) is 18.2 Å². The molecule has 0 aliphatic carbocycles. The van der Waals surface area contributed by atoms with E-state index in [0.717, 1.165) is 25.3 Å². The van der Waals surface area contributed by atoms with Crippen molar-refractivity contribution in [2.24, 2.45) is 0 Å². The molecule has 1 aliphatic heterocycles. The Bertz CT molecular complexity index is 414. The zero-order valence-corrected chi connectivity index (χ0v) is 12.1. The Hall–Kier alpha value is -0.320. The van der Waals surface area contributed by atoms with Gasteiger partial charge in [0.1, 0.15) is 0 Å². The smallest absolute Gasteiger partial charge is 0.0897 e. The molecule has 1 aromatic carbocycles. The highest BCUT2D eigenvalue weighted by Gasteiger charge is 2.28. The number of rotatable bonds is 3. The van der Waals surface area contributed by atoms with E-state index in [1.165, 1.54) is 0 Å². The fourth-order valence-corrected chi connectivity index (χ4v) is 2.74. The van der Waals surface area contributed by atoms with E-state index in [2.05, 4.69) is 17.3 Å². The number of ether oxygens (including phenoxy) is 1. The van der Waals surface area contributed by atoms with Gasteiger partial charge in [0.2, 0.25) is 0 Å². The minimum atomic E-state index is 0.0546. The molecule has 1 fully saturated rings. The molecule has 0 amide bonds. The van der Waals surface area contributed by atoms with Gasteiger partial charge < -0.3 is 15.0 Å². The SMILES string of the molecule is CNC(c1cccc(Cl)c1Cl)C1CN(C)CCO1. The Morgan fingerprint density at radius 2 is 2.22 bits per heavy atom. The molecule has 2 unspecified atom stereocenters. The average Bonchev–Trinajstić information content (AvgIpc) is 2.35. The fourth-order valence-electron chi connectivity index (χ4n) is 2.32. The minimum absolute atomic E-state index is 0.0546. The van der Waals surface area contributed by atoms with Crippen molar-refractivity contribution < 1.29 is 4.74 Å². The summed E-state index contributed by atoms with van der Waals surface area (Å²) in [7, 11) is 4.02. The van der Waals surface area contributed by atoms with Crippen LogP contribution in [0.3, 0.4) is 0 Å². The van der Waals surface area contributed by atoms with Crippen molar-refractivity contribution in [1.82, 2.24) is 10.2 Å². The summed E-state index contributed by atoms with van der Waals surface area (Å²) in [5.41, 5.74) is 0.993. The quantitative estimate of drug-likeness (QED) is 0.925. The number of halogens is 2. The summed E-state index contributed by atoms with van der Waals surface area (Å²) in [6.07, 6.45) is 0.0877. The maximum absolute atomic E-state index is 6.28. The molecule has 100 valence electrons. The van der Waals surface area contributed by atoms with Gasteiger partial charge >= 0.3 is 0 Å². The highest BCUT2D eigenvalue weighted by molar-refractivity contribution is 6.42. The third-order valence-corrected chi connectivity index (χ3v) is 4.13. The lowest BCUT2D eigenvalue weighted by Crippen LogP contribution is -2.46. The van der Waals surface area contributed by atoms with Gasteiger partial charge in [-0.2, -0.15) is 0 Å². The number of nitrogens with zero attached hydrogens (tertiary/aromatic N) is 1. The van der Waals surface area contributed by atoms with Crippen molar-refractivity contribution in [3.8, 4) is 0 Å². The van der Waals surface area contributed by atoms with Crippen LogP contribution in [0.5, 0.6) is 0 Å². The first kappa shape index (κ1) is 14.1. The molecule has 1 saturated heterocycles. The Kier molecular flexibility index (Phi) is 4.87. The van der Waals surface area contributed by atoms with Gasteiger partial charge in [-0.3, -0.25) is 0 Å². The molecular weight excluding hydrogens is 271 g/mol. The summed E-state index contributed by atoms with van der Waals surface area (Å²) in [4.78, 5) is 2.26. The minimum Gasteiger partial charge on any atom is -0.374 e. The topological polar surface area (TPSA) is 24.5 Å². The highest BCUT2D eigenvalue weighted by atomic mass is 35.5. The molecule has 0 spiro atoms. The van der Waals surface area contributed by atoms with E-state index < -0.39 is 0 Å². The number of hydrogen-bond acceptors (Lipinski definition) is 3. The van der Waals surface area contributed by atoms with E-state index in [4.69, 9.17) is 27.9 Å². The molecule has 2 atom stereocenters. The molecule has 18 heavy (non-hydrogen) atoms. The Morgan fingerprint density at radius 3 is 2.89 bits per heavy atom. The van der Waals surface area contributed by atoms with Crippen molar-refractivity contribution in [3.63, 3.8) is 0 Å². The summed E-state index contributed by atoms with van der Waals surface area (Å²) in [5.74, 6) is 0. The van der Waals surface area contributed by atoms with E-state index in [1.54, 1.807) is 6.07 Å². The Morgan fingerprint density at radius 1 is 1.44 bits per heavy atom. The van der Waals surface area contributed by atoms with Gasteiger partial charge in [0.15, 0.2) is 0 Å². The molecule has 5 heteroatoms. The van der Waals surface area contributed by atoms with Crippen molar-refractivity contribution in [2.75, 3.05) is 33.8 Å². The van der Waals surface area contributed by atoms with Crippen LogP contribution in [0.2, 0.25) is 10.0 Å². The fraction of sp³-hybridized carbons (Fsp3) is 0.538. The maximum Gasteiger partial charge on any atom is 0.0897 e. The van der Waals surface area contributed by atoms with Crippen molar-refractivity contribution in [3.05, 3.63) is 33.8 Å². The van der Waals surface area contributed by atoms with Crippen LogP contribution in [0.4, 0.5) is 0 Å². The van der Waals surface area contributed by atoms with Gasteiger partial charge in [0, 0.05) is 13.1 Å². The van der Waals surface area contributed by atoms with Gasteiger partial charge in [0.25, 0.3) is 0 Å². The van der Waals surface area contributed by atoms with E-state index in [0.29, 0.717) is 10.0 Å². The molecule has 2 rings (SSSR count). The second-order valence-electron chi connectivity index (χ2n) is 4.58. The summed E-state index contributed by atoms with van der Waals surface area (Å²) in [6.45, 7) is 2.60. The third kappa shape index (κ3) is 2.98. The van der Waals surface area contributed by atoms with Crippen molar-refractivity contribution in [1.29, 1.82) is 0 Å². The first-order chi connectivity index (χ1) is 8.63. The number of likely N-dealkylation sites (N-methyl/N-ethyl adjacent to an activating group) is 2. The normalized spacial score (nSPS) is 23.0. The van der Waals surface area contributed by atoms with Crippen LogP contribution < -0.4 is 5.32 Å². The third-order valence-electron chi connectivity index (χ3n) is 3.30. The molecule has 1 aromatic rings. The largest absolute Gasteiger partial charge is 0.374 e. The van der Waals surface area contributed by atoms with E-state index >= 15 is 0 Å². The van der Waals surface area contributed by atoms with Crippen LogP contribution in [0.1, 0.15) is 11.6 Å². The van der Waals surface area contributed by atoms with Crippen molar-refractivity contribution >= 4 is 23.2 Å². The van der Waals surface area contributed by atoms with E-state index in [1.807, 2.05) is 19.2 Å². The molecule has 3 nitrogen and oxygen atoms in total. The highest BCUT2D eigenvalue weighted by Crippen LogP contribution is 2.32. The second kappa shape index (κ2) is 6.22. The lowest BCUT2D eigenvalue weighted by molar-refractivity contribution is -0.0380. The summed E-state index contributed by atoms with van der Waals surface area (Å²) in [5, 5.41) is 4.47. The number of nitrogens with one attached hydrogen (secondary N) is 1.